The molecule has 0 radical (unpaired) electrons. The lowest BCUT2D eigenvalue weighted by Gasteiger charge is -2.32. The summed E-state index contributed by atoms with van der Waals surface area (Å²) in [5.74, 6) is 0.411. The number of hydrogen-bond acceptors (Lipinski definition) is 5. The van der Waals surface area contributed by atoms with E-state index in [1.54, 1.807) is 30.0 Å². The molecule has 8 heteroatoms. The van der Waals surface area contributed by atoms with Crippen molar-refractivity contribution in [1.82, 2.24) is 15.1 Å². The highest BCUT2D eigenvalue weighted by atomic mass is 16.6. The third kappa shape index (κ3) is 3.39. The number of benzene rings is 1. The average molecular weight is 389 g/mol. The van der Waals surface area contributed by atoms with E-state index in [0.717, 1.165) is 4.90 Å². The minimum atomic E-state index is -1.27. The maximum Gasteiger partial charge on any atom is 0.325 e. The average Bonchev–Trinajstić information content (AvgIpc) is 2.85. The van der Waals surface area contributed by atoms with Gasteiger partial charge in [-0.1, -0.05) is 6.07 Å². The molecule has 0 aromatic heterocycles. The second-order valence-electron chi connectivity index (χ2n) is 7.79. The van der Waals surface area contributed by atoms with Gasteiger partial charge in [-0.25, -0.2) is 4.79 Å². The molecular weight excluding hydrogens is 362 g/mol. The number of carbonyl (C=O) groups is 3. The molecule has 1 saturated heterocycles. The summed E-state index contributed by atoms with van der Waals surface area (Å²) in [6, 6.07) is 4.51. The molecule has 1 aromatic carbocycles. The molecule has 4 amide bonds. The molecule has 1 atom stereocenters. The van der Waals surface area contributed by atoms with Crippen molar-refractivity contribution in [2.75, 3.05) is 19.8 Å². The van der Waals surface area contributed by atoms with Gasteiger partial charge in [0.05, 0.1) is 0 Å². The molecule has 152 valence electrons. The molecule has 0 aliphatic carbocycles. The number of nitrogens with zero attached hydrogens (tertiary/aromatic N) is 2. The second kappa shape index (κ2) is 7.33. The maximum atomic E-state index is 13.1. The summed E-state index contributed by atoms with van der Waals surface area (Å²) >= 11 is 0. The number of imide groups is 1. The van der Waals surface area contributed by atoms with Crippen molar-refractivity contribution < 1.29 is 23.9 Å². The van der Waals surface area contributed by atoms with Crippen molar-refractivity contribution >= 4 is 17.8 Å². The van der Waals surface area contributed by atoms with Gasteiger partial charge in [0.1, 0.15) is 25.3 Å². The monoisotopic (exact) mass is 389 g/mol. The number of urea groups is 1. The van der Waals surface area contributed by atoms with Crippen LogP contribution in [0.15, 0.2) is 18.2 Å². The predicted molar refractivity (Wildman–Crippen MR) is 102 cm³/mol. The topological polar surface area (TPSA) is 88.2 Å². The number of ether oxygens (including phenoxy) is 2. The molecule has 0 saturated carbocycles. The van der Waals surface area contributed by atoms with Crippen LogP contribution in [0.4, 0.5) is 4.79 Å². The number of rotatable bonds is 5. The van der Waals surface area contributed by atoms with Gasteiger partial charge in [-0.2, -0.15) is 0 Å². The number of nitrogens with one attached hydrogen (secondary N) is 1. The lowest BCUT2D eigenvalue weighted by molar-refractivity contribution is -0.141. The summed E-state index contributed by atoms with van der Waals surface area (Å²) in [5, 5.41) is 2.73. The van der Waals surface area contributed by atoms with Gasteiger partial charge < -0.3 is 19.7 Å². The Kier molecular flexibility index (Phi) is 5.23. The normalized spacial score (nSPS) is 21.3. The van der Waals surface area contributed by atoms with E-state index in [4.69, 9.17) is 9.47 Å². The van der Waals surface area contributed by atoms with Crippen LogP contribution >= 0.6 is 0 Å². The highest BCUT2D eigenvalue weighted by molar-refractivity contribution is 6.09. The smallest absolute Gasteiger partial charge is 0.325 e. The van der Waals surface area contributed by atoms with Crippen molar-refractivity contribution in [1.29, 1.82) is 0 Å². The van der Waals surface area contributed by atoms with E-state index in [1.165, 1.54) is 0 Å². The van der Waals surface area contributed by atoms with Crippen molar-refractivity contribution in [2.24, 2.45) is 0 Å². The summed E-state index contributed by atoms with van der Waals surface area (Å²) in [7, 11) is 0. The van der Waals surface area contributed by atoms with E-state index in [-0.39, 0.29) is 24.5 Å². The van der Waals surface area contributed by atoms with Crippen LogP contribution in [0.2, 0.25) is 0 Å². The standard InChI is InChI=1S/C20H27N3O5/c1-12(2)23(13(3)4)17(24)11-22-18(25)20(5,21-19(22)26)14-6-7-15-16(10-14)28-9-8-27-15/h6-7,10,12-13H,8-9,11H2,1-5H3,(H,21,26)/t20-/m0/s1. The van der Waals surface area contributed by atoms with Crippen LogP contribution in [-0.4, -0.2) is 59.5 Å². The fourth-order valence-corrected chi connectivity index (χ4v) is 3.78. The van der Waals surface area contributed by atoms with Crippen molar-refractivity contribution in [3.63, 3.8) is 0 Å². The molecule has 2 aliphatic heterocycles. The van der Waals surface area contributed by atoms with Gasteiger partial charge in [0.25, 0.3) is 5.91 Å². The van der Waals surface area contributed by atoms with Crippen LogP contribution < -0.4 is 14.8 Å². The van der Waals surface area contributed by atoms with Crippen molar-refractivity contribution in [3.05, 3.63) is 23.8 Å². The summed E-state index contributed by atoms with van der Waals surface area (Å²) in [6.07, 6.45) is 0. The Hall–Kier alpha value is -2.77. The molecule has 1 N–H and O–H groups in total. The van der Waals surface area contributed by atoms with Gasteiger partial charge in [-0.15, -0.1) is 0 Å². The van der Waals surface area contributed by atoms with Crippen molar-refractivity contribution in [2.45, 2.75) is 52.2 Å². The van der Waals surface area contributed by atoms with Gasteiger partial charge in [-0.3, -0.25) is 14.5 Å². The summed E-state index contributed by atoms with van der Waals surface area (Å²) in [5.41, 5.74) is -0.692. The third-order valence-electron chi connectivity index (χ3n) is 5.09. The van der Waals surface area contributed by atoms with E-state index in [2.05, 4.69) is 5.32 Å². The van der Waals surface area contributed by atoms with Crippen LogP contribution in [0.25, 0.3) is 0 Å². The quantitative estimate of drug-likeness (QED) is 0.777. The van der Waals surface area contributed by atoms with Crippen LogP contribution in [0.1, 0.15) is 40.2 Å². The zero-order valence-electron chi connectivity index (χ0n) is 16.9. The first-order chi connectivity index (χ1) is 13.1. The van der Waals surface area contributed by atoms with Crippen LogP contribution in [0.3, 0.4) is 0 Å². The van der Waals surface area contributed by atoms with E-state index in [9.17, 15) is 14.4 Å². The van der Waals surface area contributed by atoms with Gasteiger partial charge in [0.15, 0.2) is 11.5 Å². The second-order valence-corrected chi connectivity index (χ2v) is 7.79. The van der Waals surface area contributed by atoms with Crippen LogP contribution in [0, 0.1) is 0 Å². The first-order valence-electron chi connectivity index (χ1n) is 9.50. The van der Waals surface area contributed by atoms with Gasteiger partial charge >= 0.3 is 6.03 Å². The largest absolute Gasteiger partial charge is 0.486 e. The third-order valence-corrected chi connectivity index (χ3v) is 5.09. The number of amides is 4. The number of carbonyl (C=O) groups excluding carboxylic acids is 3. The fraction of sp³-hybridized carbons (Fsp3) is 0.550. The lowest BCUT2D eigenvalue weighted by atomic mass is 9.91. The SMILES string of the molecule is CC(C)N(C(=O)CN1C(=O)N[C@@](C)(c2ccc3c(c2)OCCO3)C1=O)C(C)C. The molecule has 2 heterocycles. The van der Waals surface area contributed by atoms with Crippen LogP contribution in [0.5, 0.6) is 11.5 Å². The number of fused-ring (bicyclic) bond motifs is 1. The first-order valence-corrected chi connectivity index (χ1v) is 9.50. The van der Waals surface area contributed by atoms with E-state index in [1.807, 2.05) is 27.7 Å². The van der Waals surface area contributed by atoms with E-state index >= 15 is 0 Å². The minimum absolute atomic E-state index is 0.0301. The molecule has 28 heavy (non-hydrogen) atoms. The Morgan fingerprint density at radius 2 is 1.75 bits per heavy atom. The Morgan fingerprint density at radius 3 is 2.36 bits per heavy atom. The highest BCUT2D eigenvalue weighted by Gasteiger charge is 2.50. The van der Waals surface area contributed by atoms with E-state index < -0.39 is 17.5 Å². The predicted octanol–water partition coefficient (Wildman–Crippen LogP) is 1.87. The molecule has 1 fully saturated rings. The van der Waals surface area contributed by atoms with Crippen LogP contribution in [-0.2, 0) is 15.1 Å². The Bertz CT molecular complexity index is 799. The molecule has 3 rings (SSSR count). The highest BCUT2D eigenvalue weighted by Crippen LogP contribution is 2.36. The molecule has 0 unspecified atom stereocenters. The number of hydrogen-bond donors (Lipinski definition) is 1. The Labute approximate surface area is 164 Å². The summed E-state index contributed by atoms with van der Waals surface area (Å²) in [4.78, 5) is 41.0. The summed E-state index contributed by atoms with van der Waals surface area (Å²) < 4.78 is 11.1. The van der Waals surface area contributed by atoms with Gasteiger partial charge in [-0.05, 0) is 52.3 Å². The molecular formula is C20H27N3O5. The molecule has 0 spiro atoms. The maximum absolute atomic E-state index is 13.1. The van der Waals surface area contributed by atoms with Crippen molar-refractivity contribution in [3.8, 4) is 11.5 Å². The van der Waals surface area contributed by atoms with Gasteiger partial charge in [0, 0.05) is 12.1 Å². The fourth-order valence-electron chi connectivity index (χ4n) is 3.78. The molecule has 1 aromatic rings. The lowest BCUT2D eigenvalue weighted by Crippen LogP contribution is -2.49. The minimum Gasteiger partial charge on any atom is -0.486 e. The molecule has 8 nitrogen and oxygen atoms in total. The summed E-state index contributed by atoms with van der Waals surface area (Å²) in [6.45, 7) is 9.86. The molecule has 2 aliphatic rings. The Morgan fingerprint density at radius 1 is 1.14 bits per heavy atom. The van der Waals surface area contributed by atoms with E-state index in [0.29, 0.717) is 30.3 Å². The zero-order valence-corrected chi connectivity index (χ0v) is 16.9. The first kappa shape index (κ1) is 20.0. The zero-order chi connectivity index (χ0) is 20.6. The Balaban J connectivity index is 1.84. The van der Waals surface area contributed by atoms with Gasteiger partial charge in [0.2, 0.25) is 5.91 Å². The molecule has 0 bridgehead atoms.